The standard InChI is InChI=1S/C22H26N6O3/c1-22(2,3)13-11-24-28(4)20(13)16(29)7-12-10-23-27-19(12)21-25-14-8-17(30-5)18(31-6)9-15(14)26-21/h8-11H,7H2,1-6H3,(H,23,27)(H,25,26). The summed E-state index contributed by atoms with van der Waals surface area (Å²) in [5.41, 5.74) is 4.29. The zero-order valence-electron chi connectivity index (χ0n) is 18.5. The van der Waals surface area contributed by atoms with E-state index in [2.05, 4.69) is 46.0 Å². The SMILES string of the molecule is COc1cc2nc(-c3[nH]ncc3CC(=O)c3c(C(C)(C)C)cnn3C)[nH]c2cc1OC. The number of ether oxygens (including phenoxy) is 2. The molecular formula is C22H26N6O3. The minimum atomic E-state index is -0.185. The Morgan fingerprint density at radius 1 is 1.13 bits per heavy atom. The lowest BCUT2D eigenvalue weighted by Gasteiger charge is -2.18. The number of Topliss-reactive ketones (excluding diaryl/α,β-unsaturated/α-hetero) is 1. The number of ketones is 1. The molecule has 9 heteroatoms. The van der Waals surface area contributed by atoms with Gasteiger partial charge < -0.3 is 14.5 Å². The Hall–Kier alpha value is -3.62. The predicted molar refractivity (Wildman–Crippen MR) is 117 cm³/mol. The van der Waals surface area contributed by atoms with E-state index >= 15 is 0 Å². The Morgan fingerprint density at radius 2 is 1.84 bits per heavy atom. The monoisotopic (exact) mass is 422 g/mol. The number of H-pyrrole nitrogens is 2. The van der Waals surface area contributed by atoms with Crippen LogP contribution in [0.25, 0.3) is 22.6 Å². The van der Waals surface area contributed by atoms with Crippen molar-refractivity contribution in [2.24, 2.45) is 7.05 Å². The summed E-state index contributed by atoms with van der Waals surface area (Å²) in [6, 6.07) is 3.64. The van der Waals surface area contributed by atoms with Gasteiger partial charge in [-0.1, -0.05) is 20.8 Å². The number of aromatic nitrogens is 6. The number of aromatic amines is 2. The van der Waals surface area contributed by atoms with Crippen molar-refractivity contribution in [1.82, 2.24) is 29.9 Å². The van der Waals surface area contributed by atoms with Crippen molar-refractivity contribution in [3.63, 3.8) is 0 Å². The van der Waals surface area contributed by atoms with Gasteiger partial charge >= 0.3 is 0 Å². The number of carbonyl (C=O) groups is 1. The topological polar surface area (TPSA) is 111 Å². The van der Waals surface area contributed by atoms with Crippen LogP contribution in [0.15, 0.2) is 24.5 Å². The molecule has 0 amide bonds. The molecule has 0 aliphatic carbocycles. The number of hydrogen-bond acceptors (Lipinski definition) is 6. The lowest BCUT2D eigenvalue weighted by molar-refractivity contribution is 0.0982. The van der Waals surface area contributed by atoms with E-state index in [4.69, 9.17) is 9.47 Å². The first-order valence-corrected chi connectivity index (χ1v) is 9.93. The molecule has 31 heavy (non-hydrogen) atoms. The first-order valence-electron chi connectivity index (χ1n) is 9.93. The van der Waals surface area contributed by atoms with Gasteiger partial charge in [-0.3, -0.25) is 14.6 Å². The first kappa shape index (κ1) is 20.6. The second-order valence-electron chi connectivity index (χ2n) is 8.46. The van der Waals surface area contributed by atoms with E-state index in [1.165, 1.54) is 0 Å². The number of imidazole rings is 1. The van der Waals surface area contributed by atoms with E-state index in [0.29, 0.717) is 28.7 Å². The van der Waals surface area contributed by atoms with Crippen LogP contribution in [-0.2, 0) is 18.9 Å². The largest absolute Gasteiger partial charge is 0.493 e. The Morgan fingerprint density at radius 3 is 2.52 bits per heavy atom. The number of methoxy groups -OCH3 is 2. The Bertz CT molecular complexity index is 1220. The molecular weight excluding hydrogens is 396 g/mol. The van der Waals surface area contributed by atoms with Crippen LogP contribution in [0, 0.1) is 0 Å². The summed E-state index contributed by atoms with van der Waals surface area (Å²) in [5, 5.41) is 11.4. The molecule has 0 saturated carbocycles. The zero-order valence-corrected chi connectivity index (χ0v) is 18.5. The third-order valence-corrected chi connectivity index (χ3v) is 5.30. The van der Waals surface area contributed by atoms with Crippen molar-refractivity contribution in [3.05, 3.63) is 41.3 Å². The summed E-state index contributed by atoms with van der Waals surface area (Å²) in [6.07, 6.45) is 3.61. The summed E-state index contributed by atoms with van der Waals surface area (Å²) in [6.45, 7) is 6.21. The summed E-state index contributed by atoms with van der Waals surface area (Å²) >= 11 is 0. The smallest absolute Gasteiger partial charge is 0.185 e. The number of hydrogen-bond donors (Lipinski definition) is 2. The fourth-order valence-electron chi connectivity index (χ4n) is 3.68. The molecule has 2 N–H and O–H groups in total. The summed E-state index contributed by atoms with van der Waals surface area (Å²) < 4.78 is 12.4. The van der Waals surface area contributed by atoms with Gasteiger partial charge in [-0.2, -0.15) is 10.2 Å². The van der Waals surface area contributed by atoms with Crippen molar-refractivity contribution in [2.75, 3.05) is 14.2 Å². The third kappa shape index (κ3) is 3.67. The summed E-state index contributed by atoms with van der Waals surface area (Å²) in [7, 11) is 4.96. The minimum absolute atomic E-state index is 0.0213. The average molecular weight is 422 g/mol. The van der Waals surface area contributed by atoms with Gasteiger partial charge in [0.1, 0.15) is 11.4 Å². The maximum absolute atomic E-state index is 13.2. The molecule has 3 aromatic heterocycles. The molecule has 3 heterocycles. The number of rotatable bonds is 6. The molecule has 0 bridgehead atoms. The maximum atomic E-state index is 13.2. The lowest BCUT2D eigenvalue weighted by atomic mass is 9.86. The second-order valence-corrected chi connectivity index (χ2v) is 8.46. The average Bonchev–Trinajstić information content (AvgIpc) is 3.43. The van der Waals surface area contributed by atoms with E-state index in [9.17, 15) is 4.79 Å². The third-order valence-electron chi connectivity index (χ3n) is 5.30. The number of fused-ring (bicyclic) bond motifs is 1. The van der Waals surface area contributed by atoms with E-state index in [-0.39, 0.29) is 17.6 Å². The second kappa shape index (κ2) is 7.57. The zero-order chi connectivity index (χ0) is 22.3. The van der Waals surface area contributed by atoms with Crippen molar-refractivity contribution in [2.45, 2.75) is 32.6 Å². The van der Waals surface area contributed by atoms with E-state index in [1.54, 1.807) is 44.4 Å². The fraction of sp³-hybridized carbons (Fsp3) is 0.364. The van der Waals surface area contributed by atoms with Crippen LogP contribution < -0.4 is 9.47 Å². The van der Waals surface area contributed by atoms with E-state index in [0.717, 1.165) is 22.2 Å². The molecule has 4 rings (SSSR count). The number of nitrogens with zero attached hydrogens (tertiary/aromatic N) is 4. The van der Waals surface area contributed by atoms with Gasteiger partial charge in [0.2, 0.25) is 0 Å². The Kier molecular flexibility index (Phi) is 5.04. The van der Waals surface area contributed by atoms with Crippen LogP contribution >= 0.6 is 0 Å². The highest BCUT2D eigenvalue weighted by molar-refractivity contribution is 5.98. The molecule has 0 unspecified atom stereocenters. The first-order chi connectivity index (χ1) is 14.7. The van der Waals surface area contributed by atoms with Gasteiger partial charge in [0.05, 0.1) is 37.6 Å². The van der Waals surface area contributed by atoms with Crippen molar-refractivity contribution in [3.8, 4) is 23.0 Å². The fourth-order valence-corrected chi connectivity index (χ4v) is 3.68. The number of benzene rings is 1. The van der Waals surface area contributed by atoms with Gasteiger partial charge in [0, 0.05) is 36.7 Å². The summed E-state index contributed by atoms with van der Waals surface area (Å²) in [5.74, 6) is 1.77. The molecule has 0 spiro atoms. The molecule has 0 radical (unpaired) electrons. The maximum Gasteiger partial charge on any atom is 0.185 e. The van der Waals surface area contributed by atoms with Gasteiger partial charge in [-0.25, -0.2) is 4.98 Å². The Labute approximate surface area is 179 Å². The quantitative estimate of drug-likeness (QED) is 0.461. The Balaban J connectivity index is 1.69. The molecule has 0 fully saturated rings. The van der Waals surface area contributed by atoms with Gasteiger partial charge in [0.25, 0.3) is 0 Å². The van der Waals surface area contributed by atoms with Crippen LogP contribution in [0.4, 0.5) is 0 Å². The molecule has 9 nitrogen and oxygen atoms in total. The van der Waals surface area contributed by atoms with Gasteiger partial charge in [-0.15, -0.1) is 0 Å². The lowest BCUT2D eigenvalue weighted by Crippen LogP contribution is -2.19. The van der Waals surface area contributed by atoms with Crippen LogP contribution in [0.5, 0.6) is 11.5 Å². The predicted octanol–water partition coefficient (Wildman–Crippen LogP) is 3.43. The molecule has 0 saturated heterocycles. The molecule has 0 aliphatic heterocycles. The normalized spacial score (nSPS) is 11.8. The molecule has 1 aromatic carbocycles. The van der Waals surface area contributed by atoms with Crippen LogP contribution in [0.3, 0.4) is 0 Å². The van der Waals surface area contributed by atoms with E-state index in [1.807, 2.05) is 6.07 Å². The van der Waals surface area contributed by atoms with Crippen molar-refractivity contribution < 1.29 is 14.3 Å². The highest BCUT2D eigenvalue weighted by Gasteiger charge is 2.27. The van der Waals surface area contributed by atoms with E-state index < -0.39 is 0 Å². The molecule has 162 valence electrons. The van der Waals surface area contributed by atoms with Gasteiger partial charge in [-0.05, 0) is 5.41 Å². The summed E-state index contributed by atoms with van der Waals surface area (Å²) in [4.78, 5) is 21.1. The van der Waals surface area contributed by atoms with Crippen LogP contribution in [0.1, 0.15) is 42.4 Å². The molecule has 4 aromatic rings. The number of nitrogens with one attached hydrogen (secondary N) is 2. The van der Waals surface area contributed by atoms with Crippen LogP contribution in [0.2, 0.25) is 0 Å². The van der Waals surface area contributed by atoms with Crippen LogP contribution in [-0.4, -0.2) is 49.9 Å². The molecule has 0 aliphatic rings. The van der Waals surface area contributed by atoms with Crippen molar-refractivity contribution in [1.29, 1.82) is 0 Å². The minimum Gasteiger partial charge on any atom is -0.493 e. The number of carbonyl (C=O) groups excluding carboxylic acids is 1. The van der Waals surface area contributed by atoms with Crippen molar-refractivity contribution >= 4 is 16.8 Å². The number of aryl methyl sites for hydroxylation is 1. The van der Waals surface area contributed by atoms with Gasteiger partial charge in [0.15, 0.2) is 23.1 Å². The highest BCUT2D eigenvalue weighted by atomic mass is 16.5. The highest BCUT2D eigenvalue weighted by Crippen LogP contribution is 2.33. The molecule has 0 atom stereocenters.